The molecule has 0 saturated carbocycles. The van der Waals surface area contributed by atoms with Crippen molar-refractivity contribution >= 4 is 43.7 Å². The third-order valence-corrected chi connectivity index (χ3v) is 8.38. The van der Waals surface area contributed by atoms with E-state index in [1.165, 1.54) is 11.1 Å². The van der Waals surface area contributed by atoms with Crippen LogP contribution in [0.3, 0.4) is 0 Å². The molecule has 8 heteroatoms. The summed E-state index contributed by atoms with van der Waals surface area (Å²) in [4.78, 5) is 31.1. The second kappa shape index (κ2) is 15.2. The Bertz CT molecular complexity index is 1420. The number of carbonyl (C=O) groups excluding carboxylic acids is 2. The average Bonchev–Trinajstić information content (AvgIpc) is 3.29. The lowest BCUT2D eigenvalue weighted by Gasteiger charge is -2.24. The molecule has 0 atom stereocenters. The van der Waals surface area contributed by atoms with Gasteiger partial charge in [0.05, 0.1) is 24.3 Å². The van der Waals surface area contributed by atoms with Gasteiger partial charge in [-0.2, -0.15) is 0 Å². The number of nitrogens with zero attached hydrogens (tertiary/aromatic N) is 2. The lowest BCUT2D eigenvalue weighted by molar-refractivity contribution is 0.0714. The maximum atomic E-state index is 13.7. The standard InChI is InChI=1S/C35H34Br2N2O4/c36-28-12-14-32(42-22-16-26-8-3-1-4-9-26)30(24-28)34(40)38-18-7-19-39(21-20-38)35(41)31-25-29(37)13-15-33(31)43-23-17-27-10-5-2-6-11-27/h1-6,8-15,24-25H,7,16-23H2. The van der Waals surface area contributed by atoms with E-state index in [1.54, 1.807) is 0 Å². The van der Waals surface area contributed by atoms with Gasteiger partial charge < -0.3 is 19.3 Å². The molecule has 1 saturated heterocycles. The van der Waals surface area contributed by atoms with Gasteiger partial charge in [-0.25, -0.2) is 0 Å². The van der Waals surface area contributed by atoms with Gasteiger partial charge in [0.25, 0.3) is 11.8 Å². The van der Waals surface area contributed by atoms with Crippen molar-refractivity contribution in [3.8, 4) is 11.5 Å². The molecule has 0 N–H and O–H groups in total. The number of amides is 2. The smallest absolute Gasteiger partial charge is 0.257 e. The Kier molecular flexibility index (Phi) is 10.9. The predicted octanol–water partition coefficient (Wildman–Crippen LogP) is 7.44. The fourth-order valence-corrected chi connectivity index (χ4v) is 5.82. The van der Waals surface area contributed by atoms with Crippen LogP contribution in [0.1, 0.15) is 38.3 Å². The van der Waals surface area contributed by atoms with Gasteiger partial charge >= 0.3 is 0 Å². The van der Waals surface area contributed by atoms with Crippen molar-refractivity contribution in [2.24, 2.45) is 0 Å². The fraction of sp³-hybridized carbons (Fsp3) is 0.257. The number of carbonyl (C=O) groups is 2. The van der Waals surface area contributed by atoms with E-state index in [2.05, 4.69) is 56.1 Å². The van der Waals surface area contributed by atoms with Crippen LogP contribution in [0.2, 0.25) is 0 Å². The van der Waals surface area contributed by atoms with E-state index < -0.39 is 0 Å². The Balaban J connectivity index is 1.22. The predicted molar refractivity (Wildman–Crippen MR) is 176 cm³/mol. The van der Waals surface area contributed by atoms with Crippen LogP contribution in [-0.4, -0.2) is 61.0 Å². The first-order chi connectivity index (χ1) is 21.0. The van der Waals surface area contributed by atoms with Crippen molar-refractivity contribution in [1.29, 1.82) is 0 Å². The number of hydrogen-bond acceptors (Lipinski definition) is 4. The number of halogens is 2. The third kappa shape index (κ3) is 8.48. The summed E-state index contributed by atoms with van der Waals surface area (Å²) in [6.45, 7) is 2.90. The maximum Gasteiger partial charge on any atom is 0.257 e. The molecule has 0 aliphatic carbocycles. The highest BCUT2D eigenvalue weighted by Crippen LogP contribution is 2.28. The zero-order valence-corrected chi connectivity index (χ0v) is 27.1. The van der Waals surface area contributed by atoms with E-state index in [-0.39, 0.29) is 11.8 Å². The van der Waals surface area contributed by atoms with Crippen LogP contribution in [0.5, 0.6) is 11.5 Å². The van der Waals surface area contributed by atoms with Crippen molar-refractivity contribution < 1.29 is 19.1 Å². The van der Waals surface area contributed by atoms with E-state index in [4.69, 9.17) is 9.47 Å². The van der Waals surface area contributed by atoms with Gasteiger partial charge in [-0.1, -0.05) is 92.5 Å². The number of rotatable bonds is 10. The molecule has 4 aromatic carbocycles. The minimum absolute atomic E-state index is 0.0994. The van der Waals surface area contributed by atoms with Crippen molar-refractivity contribution in [3.05, 3.63) is 128 Å². The normalized spacial score (nSPS) is 13.3. The van der Waals surface area contributed by atoms with Gasteiger partial charge in [-0.05, 0) is 53.9 Å². The largest absolute Gasteiger partial charge is 0.492 e. The van der Waals surface area contributed by atoms with Gasteiger partial charge in [-0.3, -0.25) is 9.59 Å². The molecule has 1 aliphatic rings. The van der Waals surface area contributed by atoms with Crippen LogP contribution in [0, 0.1) is 0 Å². The summed E-state index contributed by atoms with van der Waals surface area (Å²) in [6, 6.07) is 31.3. The lowest BCUT2D eigenvalue weighted by atomic mass is 10.1. The van der Waals surface area contributed by atoms with Crippen molar-refractivity contribution in [2.75, 3.05) is 39.4 Å². The summed E-state index contributed by atoms with van der Waals surface area (Å²) in [7, 11) is 0. The van der Waals surface area contributed by atoms with Crippen molar-refractivity contribution in [2.45, 2.75) is 19.3 Å². The number of hydrogen-bond donors (Lipinski definition) is 0. The van der Waals surface area contributed by atoms with Crippen molar-refractivity contribution in [1.82, 2.24) is 9.80 Å². The first-order valence-electron chi connectivity index (χ1n) is 14.5. The summed E-state index contributed by atoms with van der Waals surface area (Å²) in [5.74, 6) is 0.927. The summed E-state index contributed by atoms with van der Waals surface area (Å²) in [5.41, 5.74) is 3.39. The van der Waals surface area contributed by atoms with Gasteiger partial charge in [0.2, 0.25) is 0 Å². The first-order valence-corrected chi connectivity index (χ1v) is 16.1. The maximum absolute atomic E-state index is 13.7. The molecule has 1 heterocycles. The summed E-state index contributed by atoms with van der Waals surface area (Å²) < 4.78 is 13.8. The van der Waals surface area contributed by atoms with E-state index in [0.29, 0.717) is 68.4 Å². The minimum Gasteiger partial charge on any atom is -0.492 e. The molecule has 5 rings (SSSR count). The van der Waals surface area contributed by atoms with Crippen molar-refractivity contribution in [3.63, 3.8) is 0 Å². The van der Waals surface area contributed by atoms with Gasteiger partial charge in [0.1, 0.15) is 11.5 Å². The van der Waals surface area contributed by atoms with Gasteiger partial charge in [0.15, 0.2) is 0 Å². The molecule has 6 nitrogen and oxygen atoms in total. The topological polar surface area (TPSA) is 59.1 Å². The zero-order valence-electron chi connectivity index (χ0n) is 23.9. The van der Waals surface area contributed by atoms with Crippen LogP contribution >= 0.6 is 31.9 Å². The highest BCUT2D eigenvalue weighted by atomic mass is 79.9. The molecule has 0 aromatic heterocycles. The molecular formula is C35H34Br2N2O4. The minimum atomic E-state index is -0.0994. The second-order valence-corrected chi connectivity index (χ2v) is 12.2. The Morgan fingerprint density at radius 3 is 1.42 bits per heavy atom. The highest BCUT2D eigenvalue weighted by molar-refractivity contribution is 9.10. The van der Waals surface area contributed by atoms with Gasteiger partial charge in [0, 0.05) is 48.0 Å². The van der Waals surface area contributed by atoms with Gasteiger partial charge in [-0.15, -0.1) is 0 Å². The zero-order chi connectivity index (χ0) is 30.0. The molecule has 43 heavy (non-hydrogen) atoms. The monoisotopic (exact) mass is 704 g/mol. The van der Waals surface area contributed by atoms with Crippen LogP contribution in [0.4, 0.5) is 0 Å². The lowest BCUT2D eigenvalue weighted by Crippen LogP contribution is -2.37. The second-order valence-electron chi connectivity index (χ2n) is 10.4. The van der Waals surface area contributed by atoms with Crippen LogP contribution in [-0.2, 0) is 12.8 Å². The fourth-order valence-electron chi connectivity index (χ4n) is 5.10. The van der Waals surface area contributed by atoms with E-state index >= 15 is 0 Å². The van der Waals surface area contributed by atoms with E-state index in [9.17, 15) is 9.59 Å². The average molecular weight is 706 g/mol. The molecular weight excluding hydrogens is 672 g/mol. The SMILES string of the molecule is O=C(c1cc(Br)ccc1OCCc1ccccc1)N1CCCN(C(=O)c2cc(Br)ccc2OCCc2ccccc2)CC1. The molecule has 1 fully saturated rings. The van der Waals surface area contributed by atoms with Crippen LogP contribution < -0.4 is 9.47 Å². The molecule has 0 unspecified atom stereocenters. The molecule has 1 aliphatic heterocycles. The first kappa shape index (κ1) is 30.8. The summed E-state index contributed by atoms with van der Waals surface area (Å²) in [5, 5.41) is 0. The Labute approximate surface area is 269 Å². The Morgan fingerprint density at radius 1 is 0.581 bits per heavy atom. The van der Waals surface area contributed by atoms with Crippen LogP contribution in [0.25, 0.3) is 0 Å². The molecule has 4 aromatic rings. The number of ether oxygens (including phenoxy) is 2. The molecule has 0 bridgehead atoms. The Morgan fingerprint density at radius 2 is 1.00 bits per heavy atom. The molecule has 2 amide bonds. The van der Waals surface area contributed by atoms with E-state index in [1.807, 2.05) is 82.6 Å². The third-order valence-electron chi connectivity index (χ3n) is 7.40. The quantitative estimate of drug-likeness (QED) is 0.172. The number of benzene rings is 4. The molecule has 222 valence electrons. The Hall–Kier alpha value is -3.62. The summed E-state index contributed by atoms with van der Waals surface area (Å²) in [6.07, 6.45) is 2.17. The molecule has 0 radical (unpaired) electrons. The van der Waals surface area contributed by atoms with E-state index in [0.717, 1.165) is 21.8 Å². The molecule has 0 spiro atoms. The van der Waals surface area contributed by atoms with Crippen LogP contribution in [0.15, 0.2) is 106 Å². The summed E-state index contributed by atoms with van der Waals surface area (Å²) >= 11 is 7.02. The highest BCUT2D eigenvalue weighted by Gasteiger charge is 2.27.